The molecule has 5 rings (SSSR count). The lowest BCUT2D eigenvalue weighted by molar-refractivity contribution is -0.146. The first-order chi connectivity index (χ1) is 17.2. The summed E-state index contributed by atoms with van der Waals surface area (Å²) in [4.78, 5) is 27.0. The van der Waals surface area contributed by atoms with Crippen LogP contribution in [0.2, 0.25) is 0 Å². The third-order valence-corrected chi connectivity index (χ3v) is 6.71. The van der Waals surface area contributed by atoms with Crippen molar-refractivity contribution in [3.8, 4) is 16.9 Å². The number of carboxylic acids is 1. The number of para-hydroxylation sites is 1. The summed E-state index contributed by atoms with van der Waals surface area (Å²) in [6, 6.07) is 10.6. The molecule has 1 N–H and O–H groups in total. The molecule has 1 fully saturated rings. The van der Waals surface area contributed by atoms with Gasteiger partial charge in [-0.25, -0.2) is 15.0 Å². The fraction of sp³-hybridized carbons (Fsp3) is 0.308. The molecule has 36 heavy (non-hydrogen) atoms. The predicted octanol–water partition coefficient (Wildman–Crippen LogP) is 4.59. The highest BCUT2D eigenvalue weighted by molar-refractivity contribution is 5.76. The molecule has 1 aromatic carbocycles. The van der Waals surface area contributed by atoms with Crippen molar-refractivity contribution < 1.29 is 23.4 Å². The van der Waals surface area contributed by atoms with Crippen LogP contribution in [-0.4, -0.2) is 50.1 Å². The van der Waals surface area contributed by atoms with Crippen molar-refractivity contribution >= 4 is 17.6 Å². The van der Waals surface area contributed by atoms with Crippen LogP contribution in [0.25, 0.3) is 16.8 Å². The van der Waals surface area contributed by atoms with Gasteiger partial charge in [-0.05, 0) is 38.5 Å². The van der Waals surface area contributed by atoms with Crippen LogP contribution >= 0.6 is 0 Å². The van der Waals surface area contributed by atoms with Crippen LogP contribution in [-0.2, 0) is 11.2 Å². The lowest BCUT2D eigenvalue weighted by atomic mass is 9.90. The van der Waals surface area contributed by atoms with E-state index in [1.54, 1.807) is 37.5 Å². The van der Waals surface area contributed by atoms with Gasteiger partial charge in [0.1, 0.15) is 11.4 Å². The maximum absolute atomic E-state index is 12.9. The number of alkyl halides is 2. The van der Waals surface area contributed by atoms with Gasteiger partial charge < -0.3 is 19.1 Å². The van der Waals surface area contributed by atoms with Crippen molar-refractivity contribution in [1.29, 1.82) is 0 Å². The Morgan fingerprint density at radius 2 is 1.92 bits per heavy atom. The molecule has 1 aliphatic rings. The molecule has 1 saturated heterocycles. The van der Waals surface area contributed by atoms with E-state index in [0.717, 1.165) is 28.2 Å². The SMILES string of the molecule is Cc1nc2ccc(-c3cnc(N4CCC(C)(C(=O)O)C4)nc3)cn2c1Cc1ccccc1OC(F)F. The van der Waals surface area contributed by atoms with Crippen LogP contribution in [0.5, 0.6) is 5.75 Å². The summed E-state index contributed by atoms with van der Waals surface area (Å²) in [6.45, 7) is 1.67. The van der Waals surface area contributed by atoms with Crippen LogP contribution in [0, 0.1) is 12.3 Å². The number of carboxylic acid groups (broad SMARTS) is 1. The molecule has 0 bridgehead atoms. The number of pyridine rings is 1. The number of fused-ring (bicyclic) bond motifs is 1. The highest BCUT2D eigenvalue weighted by Gasteiger charge is 2.41. The van der Waals surface area contributed by atoms with Crippen molar-refractivity contribution in [3.63, 3.8) is 0 Å². The van der Waals surface area contributed by atoms with Gasteiger partial charge in [-0.3, -0.25) is 4.79 Å². The first-order valence-electron chi connectivity index (χ1n) is 11.5. The fourth-order valence-corrected chi connectivity index (χ4v) is 4.58. The zero-order valence-electron chi connectivity index (χ0n) is 19.9. The van der Waals surface area contributed by atoms with Crippen LogP contribution in [0.1, 0.15) is 30.3 Å². The smallest absolute Gasteiger partial charge is 0.387 e. The second-order valence-electron chi connectivity index (χ2n) is 9.26. The zero-order valence-corrected chi connectivity index (χ0v) is 19.9. The lowest BCUT2D eigenvalue weighted by Gasteiger charge is -2.20. The maximum atomic E-state index is 12.9. The molecule has 10 heteroatoms. The third-order valence-electron chi connectivity index (χ3n) is 6.71. The minimum Gasteiger partial charge on any atom is -0.481 e. The van der Waals surface area contributed by atoms with Gasteiger partial charge in [0.2, 0.25) is 5.95 Å². The molecule has 0 amide bonds. The number of aryl methyl sites for hydroxylation is 1. The average molecular weight is 494 g/mol. The molecule has 0 spiro atoms. The number of anilines is 1. The Labute approximate surface area is 206 Å². The number of aromatic nitrogens is 4. The van der Waals surface area contributed by atoms with E-state index in [9.17, 15) is 18.7 Å². The number of halogens is 2. The highest BCUT2D eigenvalue weighted by Crippen LogP contribution is 2.32. The van der Waals surface area contributed by atoms with E-state index in [-0.39, 0.29) is 5.75 Å². The first kappa shape index (κ1) is 23.7. The topological polar surface area (TPSA) is 92.9 Å². The number of nitrogens with zero attached hydrogens (tertiary/aromatic N) is 5. The Kier molecular flexibility index (Phi) is 6.03. The Bertz CT molecular complexity index is 1420. The molecule has 3 aromatic heterocycles. The molecule has 1 atom stereocenters. The number of rotatable bonds is 7. The molecular weight excluding hydrogens is 468 g/mol. The molecule has 0 aliphatic carbocycles. The minimum atomic E-state index is -2.90. The van der Waals surface area contributed by atoms with E-state index in [1.807, 2.05) is 34.6 Å². The van der Waals surface area contributed by atoms with Gasteiger partial charge in [0.15, 0.2) is 0 Å². The standard InChI is InChI=1S/C26H25F2N5O3/c1-16-20(11-17-5-3-4-6-21(17)36-24(27)28)33-14-18(7-8-22(33)31-16)19-12-29-25(30-13-19)32-10-9-26(2,15-32)23(34)35/h3-8,12-14,24H,9-11,15H2,1-2H3,(H,34,35). The van der Waals surface area contributed by atoms with E-state index >= 15 is 0 Å². The van der Waals surface area contributed by atoms with Gasteiger partial charge in [-0.2, -0.15) is 8.78 Å². The zero-order chi connectivity index (χ0) is 25.4. The quantitative estimate of drug-likeness (QED) is 0.402. The molecule has 8 nitrogen and oxygen atoms in total. The van der Waals surface area contributed by atoms with Gasteiger partial charge >= 0.3 is 12.6 Å². The number of carbonyl (C=O) groups is 1. The first-order valence-corrected chi connectivity index (χ1v) is 11.5. The third kappa shape index (κ3) is 4.46. The fourth-order valence-electron chi connectivity index (χ4n) is 4.58. The molecular formula is C26H25F2N5O3. The number of hydrogen-bond donors (Lipinski definition) is 1. The Hall–Kier alpha value is -4.08. The number of imidazole rings is 1. The van der Waals surface area contributed by atoms with Crippen molar-refractivity contribution in [2.75, 3.05) is 18.0 Å². The van der Waals surface area contributed by atoms with Crippen LogP contribution in [0.4, 0.5) is 14.7 Å². The molecule has 4 heterocycles. The van der Waals surface area contributed by atoms with Crippen molar-refractivity contribution in [3.05, 3.63) is 71.9 Å². The lowest BCUT2D eigenvalue weighted by Crippen LogP contribution is -2.32. The van der Waals surface area contributed by atoms with E-state index < -0.39 is 18.0 Å². The summed E-state index contributed by atoms with van der Waals surface area (Å²) in [5, 5.41) is 9.47. The number of ether oxygens (including phenoxy) is 1. The minimum absolute atomic E-state index is 0.142. The van der Waals surface area contributed by atoms with Crippen LogP contribution in [0.3, 0.4) is 0 Å². The highest BCUT2D eigenvalue weighted by atomic mass is 19.3. The molecule has 1 unspecified atom stereocenters. The van der Waals surface area contributed by atoms with Gasteiger partial charge in [0.25, 0.3) is 0 Å². The Morgan fingerprint density at radius 3 is 2.61 bits per heavy atom. The number of aliphatic carboxylic acids is 1. The van der Waals surface area contributed by atoms with E-state index in [1.165, 1.54) is 6.07 Å². The van der Waals surface area contributed by atoms with E-state index in [2.05, 4.69) is 15.0 Å². The predicted molar refractivity (Wildman–Crippen MR) is 129 cm³/mol. The number of hydrogen-bond acceptors (Lipinski definition) is 6. The normalized spacial score (nSPS) is 17.8. The van der Waals surface area contributed by atoms with E-state index in [0.29, 0.717) is 37.4 Å². The van der Waals surface area contributed by atoms with Crippen molar-refractivity contribution in [2.24, 2.45) is 5.41 Å². The summed E-state index contributed by atoms with van der Waals surface area (Å²) in [5.74, 6) is -0.174. The summed E-state index contributed by atoms with van der Waals surface area (Å²) in [6.07, 6.45) is 6.27. The summed E-state index contributed by atoms with van der Waals surface area (Å²) >= 11 is 0. The van der Waals surface area contributed by atoms with Crippen LogP contribution in [0.15, 0.2) is 55.0 Å². The number of benzene rings is 1. The van der Waals surface area contributed by atoms with Crippen LogP contribution < -0.4 is 9.64 Å². The molecule has 1 aliphatic heterocycles. The van der Waals surface area contributed by atoms with Gasteiger partial charge in [-0.1, -0.05) is 18.2 Å². The van der Waals surface area contributed by atoms with Gasteiger partial charge in [0, 0.05) is 60.5 Å². The largest absolute Gasteiger partial charge is 0.481 e. The van der Waals surface area contributed by atoms with Crippen molar-refractivity contribution in [1.82, 2.24) is 19.4 Å². The maximum Gasteiger partial charge on any atom is 0.387 e. The van der Waals surface area contributed by atoms with Gasteiger partial charge in [0.05, 0.1) is 11.1 Å². The summed E-state index contributed by atoms with van der Waals surface area (Å²) < 4.78 is 32.4. The Morgan fingerprint density at radius 1 is 1.17 bits per heavy atom. The van der Waals surface area contributed by atoms with Gasteiger partial charge in [-0.15, -0.1) is 0 Å². The monoisotopic (exact) mass is 493 g/mol. The molecule has 0 radical (unpaired) electrons. The second-order valence-corrected chi connectivity index (χ2v) is 9.26. The molecule has 0 saturated carbocycles. The Balaban J connectivity index is 1.43. The second kappa shape index (κ2) is 9.18. The average Bonchev–Trinajstić information content (AvgIpc) is 3.40. The van der Waals surface area contributed by atoms with E-state index in [4.69, 9.17) is 4.74 Å². The molecule has 4 aromatic rings. The summed E-state index contributed by atoms with van der Waals surface area (Å²) in [5.41, 5.74) is 3.88. The molecule has 186 valence electrons. The van der Waals surface area contributed by atoms with Crippen molar-refractivity contribution in [2.45, 2.75) is 33.3 Å². The summed E-state index contributed by atoms with van der Waals surface area (Å²) in [7, 11) is 0.